The average molecular weight is 361 g/mol. The van der Waals surface area contributed by atoms with Gasteiger partial charge in [0.2, 0.25) is 11.2 Å². The van der Waals surface area contributed by atoms with E-state index in [-0.39, 0.29) is 36.6 Å². The number of fused-ring (bicyclic) bond motifs is 1. The number of halogens is 1. The van der Waals surface area contributed by atoms with E-state index in [9.17, 15) is 9.59 Å². The zero-order valence-corrected chi connectivity index (χ0v) is 13.9. The molecular weight excluding hydrogens is 346 g/mol. The third-order valence-corrected chi connectivity index (χ3v) is 3.27. The molecule has 1 aromatic heterocycles. The van der Waals surface area contributed by atoms with Gasteiger partial charge in [0.05, 0.1) is 11.8 Å². The Morgan fingerprint density at radius 1 is 1.08 bits per heavy atom. The van der Waals surface area contributed by atoms with E-state index in [1.807, 2.05) is 6.07 Å². The first kappa shape index (κ1) is 18.5. The van der Waals surface area contributed by atoms with Crippen molar-refractivity contribution in [3.8, 4) is 17.2 Å². The fourth-order valence-electron chi connectivity index (χ4n) is 2.14. The summed E-state index contributed by atoms with van der Waals surface area (Å²) in [6, 6.07) is 13.5. The van der Waals surface area contributed by atoms with Gasteiger partial charge < -0.3 is 32.0 Å². The van der Waals surface area contributed by atoms with Crippen LogP contribution in [0.15, 0.2) is 64.0 Å². The standard InChI is InChI=1S/C18H15NO5.ClH/c19-9-8-17(20)24-13-6-7-14-15(10-13)22-11-16(18(14)21)23-12-4-2-1-3-5-12;/h1-7,10-11H,8-9,19H2;1H/p-1. The maximum absolute atomic E-state index is 12.5. The van der Waals surface area contributed by atoms with E-state index < -0.39 is 5.97 Å². The molecule has 2 aromatic carbocycles. The van der Waals surface area contributed by atoms with E-state index in [0.29, 0.717) is 22.5 Å². The second-order valence-corrected chi connectivity index (χ2v) is 5.01. The van der Waals surface area contributed by atoms with Crippen molar-refractivity contribution in [2.45, 2.75) is 6.42 Å². The highest BCUT2D eigenvalue weighted by atomic mass is 35.5. The van der Waals surface area contributed by atoms with Gasteiger partial charge in [-0.25, -0.2) is 0 Å². The zero-order valence-electron chi connectivity index (χ0n) is 13.1. The predicted molar refractivity (Wildman–Crippen MR) is 88.3 cm³/mol. The van der Waals surface area contributed by atoms with Crippen molar-refractivity contribution >= 4 is 16.9 Å². The Balaban J connectivity index is 0.00000225. The summed E-state index contributed by atoms with van der Waals surface area (Å²) >= 11 is 0. The van der Waals surface area contributed by atoms with Crippen LogP contribution in [0, 0.1) is 0 Å². The number of rotatable bonds is 5. The number of carbonyl (C=O) groups is 1. The third kappa shape index (κ3) is 4.37. The molecule has 0 aliphatic heterocycles. The number of hydrogen-bond donors (Lipinski definition) is 1. The smallest absolute Gasteiger partial charge is 0.312 e. The highest BCUT2D eigenvalue weighted by Crippen LogP contribution is 2.24. The van der Waals surface area contributed by atoms with E-state index in [2.05, 4.69) is 0 Å². The lowest BCUT2D eigenvalue weighted by molar-refractivity contribution is -0.134. The molecule has 0 atom stereocenters. The van der Waals surface area contributed by atoms with Crippen molar-refractivity contribution < 1.29 is 31.1 Å². The molecule has 6 nitrogen and oxygen atoms in total. The molecule has 3 rings (SSSR count). The van der Waals surface area contributed by atoms with E-state index in [1.165, 1.54) is 24.5 Å². The van der Waals surface area contributed by atoms with Gasteiger partial charge in [-0.2, -0.15) is 0 Å². The number of esters is 1. The van der Waals surface area contributed by atoms with Crippen LogP contribution in [0.2, 0.25) is 0 Å². The fourth-order valence-corrected chi connectivity index (χ4v) is 2.14. The molecule has 130 valence electrons. The monoisotopic (exact) mass is 360 g/mol. The summed E-state index contributed by atoms with van der Waals surface area (Å²) in [7, 11) is 0. The summed E-state index contributed by atoms with van der Waals surface area (Å²) in [6.45, 7) is 0.210. The topological polar surface area (TPSA) is 91.8 Å². The molecule has 0 bridgehead atoms. The summed E-state index contributed by atoms with van der Waals surface area (Å²) in [5.41, 5.74) is 5.30. The van der Waals surface area contributed by atoms with Crippen molar-refractivity contribution in [3.05, 3.63) is 65.0 Å². The van der Waals surface area contributed by atoms with Gasteiger partial charge in [0.25, 0.3) is 0 Å². The molecule has 0 spiro atoms. The Morgan fingerprint density at radius 2 is 1.84 bits per heavy atom. The van der Waals surface area contributed by atoms with Crippen LogP contribution in [0.4, 0.5) is 0 Å². The van der Waals surface area contributed by atoms with Gasteiger partial charge >= 0.3 is 5.97 Å². The highest BCUT2D eigenvalue weighted by molar-refractivity contribution is 5.80. The summed E-state index contributed by atoms with van der Waals surface area (Å²) in [4.78, 5) is 23.9. The van der Waals surface area contributed by atoms with Crippen molar-refractivity contribution in [1.29, 1.82) is 0 Å². The maximum Gasteiger partial charge on any atom is 0.312 e. The number of para-hydroxylation sites is 1. The Labute approximate surface area is 149 Å². The number of ether oxygens (including phenoxy) is 2. The van der Waals surface area contributed by atoms with Gasteiger partial charge in [-0.15, -0.1) is 0 Å². The molecule has 1 heterocycles. The average Bonchev–Trinajstić information content (AvgIpc) is 2.58. The largest absolute Gasteiger partial charge is 1.00 e. The van der Waals surface area contributed by atoms with Gasteiger partial charge in [-0.3, -0.25) is 9.59 Å². The van der Waals surface area contributed by atoms with Crippen LogP contribution in [-0.2, 0) is 4.79 Å². The molecule has 7 heteroatoms. The van der Waals surface area contributed by atoms with Crippen LogP contribution in [-0.4, -0.2) is 12.5 Å². The van der Waals surface area contributed by atoms with Crippen LogP contribution in [0.3, 0.4) is 0 Å². The van der Waals surface area contributed by atoms with Gasteiger partial charge in [0.15, 0.2) is 0 Å². The minimum atomic E-state index is -0.441. The third-order valence-electron chi connectivity index (χ3n) is 3.27. The molecule has 0 saturated heterocycles. The quantitative estimate of drug-likeness (QED) is 0.502. The van der Waals surface area contributed by atoms with Crippen LogP contribution < -0.4 is 33.0 Å². The molecule has 0 aliphatic carbocycles. The summed E-state index contributed by atoms with van der Waals surface area (Å²) < 4.78 is 16.1. The summed E-state index contributed by atoms with van der Waals surface area (Å²) in [5.74, 6) is 0.474. The number of hydrogen-bond acceptors (Lipinski definition) is 6. The summed E-state index contributed by atoms with van der Waals surface area (Å²) in [5, 5.41) is 0.335. The highest BCUT2D eigenvalue weighted by Gasteiger charge is 2.11. The number of carbonyl (C=O) groups excluding carboxylic acids is 1. The predicted octanol–water partition coefficient (Wildman–Crippen LogP) is -0.157. The van der Waals surface area contributed by atoms with Gasteiger partial charge in [-0.05, 0) is 24.3 Å². The molecule has 25 heavy (non-hydrogen) atoms. The molecule has 2 N–H and O–H groups in total. The van der Waals surface area contributed by atoms with E-state index >= 15 is 0 Å². The Bertz CT molecular complexity index is 924. The molecule has 0 fully saturated rings. The Kier molecular flexibility index (Phi) is 6.16. The van der Waals surface area contributed by atoms with Crippen LogP contribution in [0.5, 0.6) is 17.2 Å². The van der Waals surface area contributed by atoms with Crippen LogP contribution in [0.25, 0.3) is 11.0 Å². The summed E-state index contributed by atoms with van der Waals surface area (Å²) in [6.07, 6.45) is 1.36. The lowest BCUT2D eigenvalue weighted by Crippen LogP contribution is -3.00. The van der Waals surface area contributed by atoms with Crippen molar-refractivity contribution in [2.24, 2.45) is 5.73 Å². The molecule has 3 aromatic rings. The Hall–Kier alpha value is -2.83. The van der Waals surface area contributed by atoms with Crippen LogP contribution >= 0.6 is 0 Å². The Morgan fingerprint density at radius 3 is 2.56 bits per heavy atom. The maximum atomic E-state index is 12.5. The first-order valence-electron chi connectivity index (χ1n) is 7.36. The van der Waals surface area contributed by atoms with E-state index in [0.717, 1.165) is 0 Å². The SMILES string of the molecule is NCCC(=O)Oc1ccc2c(=O)c(Oc3ccccc3)coc2c1.[Cl-]. The van der Waals surface area contributed by atoms with E-state index in [1.54, 1.807) is 24.3 Å². The lowest BCUT2D eigenvalue weighted by atomic mass is 10.2. The minimum absolute atomic E-state index is 0. The lowest BCUT2D eigenvalue weighted by Gasteiger charge is -2.07. The van der Waals surface area contributed by atoms with Gasteiger partial charge in [0.1, 0.15) is 23.3 Å². The first-order chi connectivity index (χ1) is 11.7. The first-order valence-corrected chi connectivity index (χ1v) is 7.36. The van der Waals surface area contributed by atoms with Crippen molar-refractivity contribution in [2.75, 3.05) is 6.54 Å². The zero-order chi connectivity index (χ0) is 16.9. The van der Waals surface area contributed by atoms with Gasteiger partial charge in [-0.1, -0.05) is 18.2 Å². The molecule has 0 saturated carbocycles. The fraction of sp³-hybridized carbons (Fsp3) is 0.111. The minimum Gasteiger partial charge on any atom is -1.00 e. The number of nitrogens with two attached hydrogens (primary N) is 1. The molecule has 0 aliphatic rings. The van der Waals surface area contributed by atoms with Gasteiger partial charge in [0, 0.05) is 12.6 Å². The van der Waals surface area contributed by atoms with Crippen molar-refractivity contribution in [1.82, 2.24) is 0 Å². The molecular formula is C18H15ClNO5-. The molecule has 0 radical (unpaired) electrons. The number of benzene rings is 2. The molecule has 0 amide bonds. The normalized spacial score (nSPS) is 10.1. The van der Waals surface area contributed by atoms with Crippen LogP contribution in [0.1, 0.15) is 6.42 Å². The van der Waals surface area contributed by atoms with E-state index in [4.69, 9.17) is 19.6 Å². The second kappa shape index (κ2) is 8.32. The second-order valence-electron chi connectivity index (χ2n) is 5.01. The van der Waals surface area contributed by atoms with Crippen molar-refractivity contribution in [3.63, 3.8) is 0 Å². The molecule has 0 unspecified atom stereocenters.